The van der Waals surface area contributed by atoms with Gasteiger partial charge >= 0.3 is 11.9 Å². The van der Waals surface area contributed by atoms with Crippen LogP contribution in [-0.4, -0.2) is 45.2 Å². The van der Waals surface area contributed by atoms with Gasteiger partial charge in [-0.05, 0) is 71.4 Å². The number of Topliss-reactive ketones (excluding diaryl/α,β-unsaturated/α-hetero) is 2. The standard InChI is InChI=1S/C30H27Br2NO7/c31-18-13-19(29(20(32)14-18)40-15-16-7-9-17(10-8-16)30(38)39)26-27-21(3-1-5-23(27)34)33(12-11-25(36)37)22-4-2-6-24(35)28(22)26/h7-10,13-14,26H,1-6,11-12,15H2,(H,36,37)(H,38,39). The van der Waals surface area contributed by atoms with Gasteiger partial charge in [-0.1, -0.05) is 28.1 Å². The molecular weight excluding hydrogens is 646 g/mol. The number of carboxylic acids is 2. The second-order valence-electron chi connectivity index (χ2n) is 10.1. The molecule has 0 saturated heterocycles. The number of carbonyl (C=O) groups is 4. The third-order valence-electron chi connectivity index (χ3n) is 7.57. The number of aliphatic carboxylic acids is 1. The molecule has 208 valence electrons. The van der Waals surface area contributed by atoms with Crippen molar-refractivity contribution in [1.82, 2.24) is 4.90 Å². The minimum atomic E-state index is -1.01. The maximum atomic E-state index is 13.6. The molecule has 1 aliphatic heterocycles. The zero-order chi connectivity index (χ0) is 28.6. The van der Waals surface area contributed by atoms with Crippen LogP contribution in [0.3, 0.4) is 0 Å². The lowest BCUT2D eigenvalue weighted by molar-refractivity contribution is -0.137. The van der Waals surface area contributed by atoms with Crippen molar-refractivity contribution in [2.45, 2.75) is 57.5 Å². The van der Waals surface area contributed by atoms with Gasteiger partial charge in [0.15, 0.2) is 11.6 Å². The van der Waals surface area contributed by atoms with Gasteiger partial charge in [0.05, 0.1) is 16.5 Å². The second-order valence-corrected chi connectivity index (χ2v) is 11.9. The second kappa shape index (κ2) is 11.7. The van der Waals surface area contributed by atoms with E-state index in [0.29, 0.717) is 65.5 Å². The Bertz CT molecular complexity index is 1430. The molecule has 10 heteroatoms. The Morgan fingerprint density at radius 2 is 1.50 bits per heavy atom. The third-order valence-corrected chi connectivity index (χ3v) is 8.61. The van der Waals surface area contributed by atoms with Crippen molar-refractivity contribution in [2.24, 2.45) is 0 Å². The molecule has 0 spiro atoms. The van der Waals surface area contributed by atoms with Crippen molar-refractivity contribution < 1.29 is 34.1 Å². The van der Waals surface area contributed by atoms with Crippen LogP contribution in [0.5, 0.6) is 5.75 Å². The molecule has 3 aliphatic rings. The Labute approximate surface area is 248 Å². The van der Waals surface area contributed by atoms with Crippen LogP contribution in [0.25, 0.3) is 0 Å². The number of hydrogen-bond acceptors (Lipinski definition) is 6. The Morgan fingerprint density at radius 3 is 2.05 bits per heavy atom. The normalized spacial score (nSPS) is 17.6. The van der Waals surface area contributed by atoms with Crippen molar-refractivity contribution >= 4 is 55.4 Å². The van der Waals surface area contributed by atoms with Crippen molar-refractivity contribution in [2.75, 3.05) is 6.54 Å². The number of nitrogens with zero attached hydrogens (tertiary/aromatic N) is 1. The predicted molar refractivity (Wildman–Crippen MR) is 153 cm³/mol. The van der Waals surface area contributed by atoms with E-state index in [1.807, 2.05) is 17.0 Å². The molecule has 40 heavy (non-hydrogen) atoms. The van der Waals surface area contributed by atoms with Crippen LogP contribution in [0.2, 0.25) is 0 Å². The lowest BCUT2D eigenvalue weighted by Crippen LogP contribution is -2.40. The van der Waals surface area contributed by atoms with E-state index in [2.05, 4.69) is 31.9 Å². The average molecular weight is 673 g/mol. The van der Waals surface area contributed by atoms with Crippen LogP contribution >= 0.6 is 31.9 Å². The van der Waals surface area contributed by atoms with Crippen molar-refractivity contribution in [3.8, 4) is 5.75 Å². The number of allylic oxidation sites excluding steroid dienone is 4. The van der Waals surface area contributed by atoms with Gasteiger partial charge in [0.2, 0.25) is 0 Å². The van der Waals surface area contributed by atoms with Crippen LogP contribution < -0.4 is 4.74 Å². The number of halogens is 2. The Morgan fingerprint density at radius 1 is 0.900 bits per heavy atom. The van der Waals surface area contributed by atoms with E-state index in [0.717, 1.165) is 21.4 Å². The van der Waals surface area contributed by atoms with Gasteiger partial charge in [0.25, 0.3) is 0 Å². The van der Waals surface area contributed by atoms with Crippen molar-refractivity contribution in [3.05, 3.63) is 84.6 Å². The lowest BCUT2D eigenvalue weighted by Gasteiger charge is -2.44. The van der Waals surface area contributed by atoms with E-state index in [9.17, 15) is 29.4 Å². The number of ether oxygens (including phenoxy) is 1. The molecule has 0 atom stereocenters. The first kappa shape index (κ1) is 28.3. The fourth-order valence-corrected chi connectivity index (χ4v) is 7.22. The highest BCUT2D eigenvalue weighted by molar-refractivity contribution is 9.11. The number of carboxylic acid groups (broad SMARTS) is 2. The van der Waals surface area contributed by atoms with E-state index < -0.39 is 17.9 Å². The van der Waals surface area contributed by atoms with E-state index in [-0.39, 0.29) is 36.7 Å². The minimum absolute atomic E-state index is 0.0391. The minimum Gasteiger partial charge on any atom is -0.487 e. The maximum Gasteiger partial charge on any atom is 0.335 e. The highest BCUT2D eigenvalue weighted by Gasteiger charge is 2.44. The number of aromatic carboxylic acids is 1. The van der Waals surface area contributed by atoms with Gasteiger partial charge in [-0.2, -0.15) is 0 Å². The highest BCUT2D eigenvalue weighted by Crippen LogP contribution is 2.52. The van der Waals surface area contributed by atoms with Crippen molar-refractivity contribution in [1.29, 1.82) is 0 Å². The Balaban J connectivity index is 1.63. The molecule has 1 heterocycles. The summed E-state index contributed by atoms with van der Waals surface area (Å²) >= 11 is 7.19. The van der Waals surface area contributed by atoms with Crippen LogP contribution in [0.15, 0.2) is 67.9 Å². The molecule has 0 bridgehead atoms. The molecule has 0 unspecified atom stereocenters. The van der Waals surface area contributed by atoms with E-state index in [4.69, 9.17) is 4.74 Å². The largest absolute Gasteiger partial charge is 0.487 e. The summed E-state index contributed by atoms with van der Waals surface area (Å²) in [7, 11) is 0. The SMILES string of the molecule is O=C(O)CCN1C2=C(C(=O)CCC2)C(c2cc(Br)cc(Br)c2OCc2ccc(C(=O)O)cc2)C2=C1CCCC2=O. The number of hydrogen-bond donors (Lipinski definition) is 2. The fraction of sp³-hybridized carbons (Fsp3) is 0.333. The first-order valence-electron chi connectivity index (χ1n) is 13.1. The molecular formula is C30H27Br2NO7. The van der Waals surface area contributed by atoms with Gasteiger partial charge in [-0.15, -0.1) is 0 Å². The summed E-state index contributed by atoms with van der Waals surface area (Å²) in [6.07, 6.45) is 3.22. The topological polar surface area (TPSA) is 121 Å². The van der Waals surface area contributed by atoms with Crippen LogP contribution in [0, 0.1) is 0 Å². The van der Waals surface area contributed by atoms with E-state index in [1.165, 1.54) is 12.1 Å². The van der Waals surface area contributed by atoms with E-state index >= 15 is 0 Å². The molecule has 8 nitrogen and oxygen atoms in total. The molecule has 0 saturated carbocycles. The fourth-order valence-electron chi connectivity index (χ4n) is 5.85. The lowest BCUT2D eigenvalue weighted by atomic mass is 9.70. The summed E-state index contributed by atoms with van der Waals surface area (Å²) in [5.74, 6) is -2.17. The number of benzene rings is 2. The number of carbonyl (C=O) groups excluding carboxylic acids is 2. The first-order valence-corrected chi connectivity index (χ1v) is 14.7. The highest BCUT2D eigenvalue weighted by atomic mass is 79.9. The van der Waals surface area contributed by atoms with E-state index in [1.54, 1.807) is 12.1 Å². The molecule has 0 amide bonds. The third kappa shape index (κ3) is 5.51. The summed E-state index contributed by atoms with van der Waals surface area (Å²) in [6.45, 7) is 0.350. The quantitative estimate of drug-likeness (QED) is 0.332. The van der Waals surface area contributed by atoms with Crippen LogP contribution in [0.4, 0.5) is 0 Å². The molecule has 2 aliphatic carbocycles. The summed E-state index contributed by atoms with van der Waals surface area (Å²) in [5.41, 5.74) is 4.32. The predicted octanol–water partition coefficient (Wildman–Crippen LogP) is 6.38. The van der Waals surface area contributed by atoms with Crippen LogP contribution in [0.1, 0.15) is 72.3 Å². The Hall–Kier alpha value is -3.24. The average Bonchev–Trinajstić information content (AvgIpc) is 2.91. The molecule has 0 aromatic heterocycles. The van der Waals surface area contributed by atoms with Gasteiger partial charge < -0.3 is 19.8 Å². The number of ketones is 2. The molecule has 0 fully saturated rings. The monoisotopic (exact) mass is 671 g/mol. The molecule has 0 radical (unpaired) electrons. The first-order chi connectivity index (χ1) is 19.2. The summed E-state index contributed by atoms with van der Waals surface area (Å²) < 4.78 is 7.71. The van der Waals surface area contributed by atoms with Gasteiger partial charge in [0, 0.05) is 57.9 Å². The van der Waals surface area contributed by atoms with Crippen molar-refractivity contribution in [3.63, 3.8) is 0 Å². The Kier molecular flexibility index (Phi) is 8.28. The molecule has 2 aromatic carbocycles. The summed E-state index contributed by atoms with van der Waals surface area (Å²) in [6, 6.07) is 10.1. The molecule has 2 N–H and O–H groups in total. The number of rotatable bonds is 8. The summed E-state index contributed by atoms with van der Waals surface area (Å²) in [5, 5.41) is 18.6. The van der Waals surface area contributed by atoms with Gasteiger partial charge in [-0.3, -0.25) is 14.4 Å². The summed E-state index contributed by atoms with van der Waals surface area (Å²) in [4.78, 5) is 51.8. The maximum absolute atomic E-state index is 13.6. The zero-order valence-electron chi connectivity index (χ0n) is 21.5. The van der Waals surface area contributed by atoms with Gasteiger partial charge in [0.1, 0.15) is 12.4 Å². The van der Waals surface area contributed by atoms with Gasteiger partial charge in [-0.25, -0.2) is 4.79 Å². The molecule has 5 rings (SSSR count). The zero-order valence-corrected chi connectivity index (χ0v) is 24.7. The molecule has 2 aromatic rings. The van der Waals surface area contributed by atoms with Crippen LogP contribution in [-0.2, 0) is 21.0 Å². The smallest absolute Gasteiger partial charge is 0.335 e.